The summed E-state index contributed by atoms with van der Waals surface area (Å²) < 4.78 is 31.6. The van der Waals surface area contributed by atoms with Crippen molar-refractivity contribution in [3.05, 3.63) is 0 Å². The van der Waals surface area contributed by atoms with Gasteiger partial charge in [0, 0.05) is 0 Å². The molecule has 0 aliphatic rings. The van der Waals surface area contributed by atoms with Crippen molar-refractivity contribution >= 4 is 81.5 Å². The van der Waals surface area contributed by atoms with Crippen molar-refractivity contribution in [3.8, 4) is 0 Å². The second-order valence-electron chi connectivity index (χ2n) is 2.01. The summed E-state index contributed by atoms with van der Waals surface area (Å²) in [6.07, 6.45) is -4.53. The molecule has 94 valence electrons. The monoisotopic (exact) mass is 296 g/mol. The fourth-order valence-corrected chi connectivity index (χ4v) is 0.270. The molecule has 13 heteroatoms. The maximum atomic E-state index is 9.77. The predicted molar refractivity (Wildman–Crippen MR) is 55.8 cm³/mol. The van der Waals surface area contributed by atoms with Gasteiger partial charge in [0.25, 0.3) is 0 Å². The third kappa shape index (κ3) is 22.4. The molecule has 0 aliphatic carbocycles. The van der Waals surface area contributed by atoms with Gasteiger partial charge in [-0.25, -0.2) is 9.59 Å². The normalized spacial score (nSPS) is 12.7. The van der Waals surface area contributed by atoms with Crippen molar-refractivity contribution in [2.75, 3.05) is 0 Å². The molecule has 0 bridgehead atoms. The molecule has 0 spiro atoms. The van der Waals surface area contributed by atoms with E-state index >= 15 is 0 Å². The standard InChI is InChI=1S/C4H6O6.2Na.H2O4S.2H/c5-1(3(7)8)2(6)4(9)10;;;1-5(2,3)4;;/h1-2,5-6H,(H,7,8)(H,9,10);;;(H2,1,2,3,4);;. The summed E-state index contributed by atoms with van der Waals surface area (Å²) in [5.74, 6) is -3.54. The van der Waals surface area contributed by atoms with Gasteiger partial charge in [-0.1, -0.05) is 0 Å². The topological polar surface area (TPSA) is 190 Å². The van der Waals surface area contributed by atoms with E-state index in [1.807, 2.05) is 0 Å². The van der Waals surface area contributed by atoms with E-state index in [-0.39, 0.29) is 59.1 Å². The number of carboxylic acid groups (broad SMARTS) is 2. The summed E-state index contributed by atoms with van der Waals surface area (Å²) in [5, 5.41) is 32.5. The van der Waals surface area contributed by atoms with Gasteiger partial charge in [0.2, 0.25) is 0 Å². The Hall–Kier alpha value is 0.730. The SMILES string of the molecule is O=C(O)C(O)C(O)C(=O)O.O=S(=O)(O)O.[NaH].[NaH]. The molecule has 2 atom stereocenters. The van der Waals surface area contributed by atoms with Crippen LogP contribution in [-0.2, 0) is 20.0 Å². The molecule has 0 aromatic heterocycles. The first-order chi connectivity index (χ1) is 6.46. The molecule has 0 saturated heterocycles. The molecule has 0 aromatic rings. The number of hydrogen-bond acceptors (Lipinski definition) is 6. The number of carboxylic acids is 2. The van der Waals surface area contributed by atoms with Crippen molar-refractivity contribution in [1.29, 1.82) is 0 Å². The van der Waals surface area contributed by atoms with Crippen LogP contribution in [0.15, 0.2) is 0 Å². The molecule has 17 heavy (non-hydrogen) atoms. The van der Waals surface area contributed by atoms with Crippen LogP contribution in [0.3, 0.4) is 0 Å². The Kier molecular flexibility index (Phi) is 18.3. The van der Waals surface area contributed by atoms with Crippen LogP contribution in [0.5, 0.6) is 0 Å². The summed E-state index contributed by atoms with van der Waals surface area (Å²) in [6.45, 7) is 0. The predicted octanol–water partition coefficient (Wildman–Crippen LogP) is -4.07. The Labute approximate surface area is 140 Å². The van der Waals surface area contributed by atoms with Crippen LogP contribution in [0, 0.1) is 0 Å². The molecule has 0 aliphatic heterocycles. The molecule has 6 N–H and O–H groups in total. The first kappa shape index (κ1) is 26.3. The van der Waals surface area contributed by atoms with Gasteiger partial charge in [0.05, 0.1) is 0 Å². The zero-order valence-corrected chi connectivity index (χ0v) is 7.70. The van der Waals surface area contributed by atoms with E-state index in [9.17, 15) is 9.59 Å². The van der Waals surface area contributed by atoms with E-state index < -0.39 is 34.5 Å². The molecule has 10 nitrogen and oxygen atoms in total. The van der Waals surface area contributed by atoms with E-state index in [0.29, 0.717) is 0 Å². The second-order valence-corrected chi connectivity index (χ2v) is 2.91. The zero-order chi connectivity index (χ0) is 12.8. The van der Waals surface area contributed by atoms with Gasteiger partial charge in [0.1, 0.15) is 0 Å². The summed E-state index contributed by atoms with van der Waals surface area (Å²) in [5.41, 5.74) is 0. The van der Waals surface area contributed by atoms with Crippen molar-refractivity contribution < 1.29 is 47.5 Å². The Morgan fingerprint density at radius 2 is 0.941 bits per heavy atom. The van der Waals surface area contributed by atoms with Crippen LogP contribution < -0.4 is 0 Å². The summed E-state index contributed by atoms with van der Waals surface area (Å²) >= 11 is 0. The van der Waals surface area contributed by atoms with Gasteiger partial charge in [-0.15, -0.1) is 0 Å². The van der Waals surface area contributed by atoms with Crippen LogP contribution >= 0.6 is 0 Å². The van der Waals surface area contributed by atoms with E-state index in [4.69, 9.17) is 37.9 Å². The summed E-state index contributed by atoms with van der Waals surface area (Å²) in [7, 11) is -4.67. The van der Waals surface area contributed by atoms with E-state index in [2.05, 4.69) is 0 Å². The van der Waals surface area contributed by atoms with Crippen molar-refractivity contribution in [1.82, 2.24) is 0 Å². The van der Waals surface area contributed by atoms with E-state index in [1.165, 1.54) is 0 Å². The van der Waals surface area contributed by atoms with Gasteiger partial charge in [-0.2, -0.15) is 8.42 Å². The quantitative estimate of drug-likeness (QED) is 0.220. The van der Waals surface area contributed by atoms with Gasteiger partial charge in [-0.05, 0) is 0 Å². The molecule has 0 radical (unpaired) electrons. The third-order valence-electron chi connectivity index (χ3n) is 0.805. The first-order valence-corrected chi connectivity index (χ1v) is 4.38. The molecule has 0 fully saturated rings. The number of aliphatic carboxylic acids is 2. The minimum absolute atomic E-state index is 0. The van der Waals surface area contributed by atoms with Crippen LogP contribution in [-0.4, -0.2) is 121 Å². The molecule has 0 saturated carbocycles. The fraction of sp³-hybridized carbons (Fsp3) is 0.500. The molecular weight excluding hydrogens is 286 g/mol. The number of aliphatic hydroxyl groups excluding tert-OH is 2. The van der Waals surface area contributed by atoms with Crippen LogP contribution in [0.25, 0.3) is 0 Å². The van der Waals surface area contributed by atoms with E-state index in [1.54, 1.807) is 0 Å². The molecule has 2 unspecified atom stereocenters. The summed E-state index contributed by atoms with van der Waals surface area (Å²) in [4.78, 5) is 19.5. The van der Waals surface area contributed by atoms with Gasteiger partial charge in [0.15, 0.2) is 12.2 Å². The molecule has 0 aromatic carbocycles. The van der Waals surface area contributed by atoms with Gasteiger partial charge in [-0.3, -0.25) is 9.11 Å². The minimum atomic E-state index is -4.67. The molecule has 0 rings (SSSR count). The molecule has 0 heterocycles. The maximum absolute atomic E-state index is 9.77. The van der Waals surface area contributed by atoms with Crippen LogP contribution in [0.2, 0.25) is 0 Å². The Balaban J connectivity index is -0.000000105. The number of carbonyl (C=O) groups is 2. The van der Waals surface area contributed by atoms with Crippen LogP contribution in [0.1, 0.15) is 0 Å². The van der Waals surface area contributed by atoms with Crippen molar-refractivity contribution in [2.24, 2.45) is 0 Å². The van der Waals surface area contributed by atoms with Crippen molar-refractivity contribution in [3.63, 3.8) is 0 Å². The third-order valence-corrected chi connectivity index (χ3v) is 0.805. The van der Waals surface area contributed by atoms with E-state index in [0.717, 1.165) is 0 Å². The molecular formula is C4H10Na2O10S. The Bertz CT molecular complexity index is 299. The average molecular weight is 296 g/mol. The Morgan fingerprint density at radius 1 is 0.824 bits per heavy atom. The van der Waals surface area contributed by atoms with Gasteiger partial charge < -0.3 is 20.4 Å². The number of rotatable bonds is 3. The summed E-state index contributed by atoms with van der Waals surface area (Å²) in [6, 6.07) is 0. The fourth-order valence-electron chi connectivity index (χ4n) is 0.270. The Morgan fingerprint density at radius 3 is 1.00 bits per heavy atom. The number of hydrogen-bond donors (Lipinski definition) is 6. The number of aliphatic hydroxyl groups is 2. The van der Waals surface area contributed by atoms with Crippen molar-refractivity contribution in [2.45, 2.75) is 12.2 Å². The second kappa shape index (κ2) is 11.8. The van der Waals surface area contributed by atoms with Gasteiger partial charge >= 0.3 is 81.5 Å². The average Bonchev–Trinajstić information content (AvgIpc) is 1.98. The van der Waals surface area contributed by atoms with Crippen LogP contribution in [0.4, 0.5) is 0 Å². The molecule has 0 amide bonds. The first-order valence-electron chi connectivity index (χ1n) is 2.98. The zero-order valence-electron chi connectivity index (χ0n) is 6.88.